The van der Waals surface area contributed by atoms with Crippen molar-refractivity contribution in [2.24, 2.45) is 56.7 Å². The van der Waals surface area contributed by atoms with Crippen molar-refractivity contribution in [3.8, 4) is 0 Å². The summed E-state index contributed by atoms with van der Waals surface area (Å²) in [7, 11) is 0. The molecule has 11 atom stereocenters. The van der Waals surface area contributed by atoms with Crippen LogP contribution >= 0.6 is 0 Å². The number of aliphatic hydroxyl groups excluding tert-OH is 2. The molecule has 0 aromatic carbocycles. The van der Waals surface area contributed by atoms with Gasteiger partial charge in [0.1, 0.15) is 0 Å². The summed E-state index contributed by atoms with van der Waals surface area (Å²) in [4.78, 5) is 0. The molecular weight excluding hydrogens is 392 g/mol. The van der Waals surface area contributed by atoms with Crippen molar-refractivity contribution >= 4 is 0 Å². The number of hydrogen-bond donors (Lipinski definition) is 2. The molecule has 0 amide bonds. The molecule has 4 unspecified atom stereocenters. The maximum absolute atomic E-state index is 11.0. The average Bonchev–Trinajstić information content (AvgIpc) is 3.05. The van der Waals surface area contributed by atoms with Crippen molar-refractivity contribution in [3.63, 3.8) is 0 Å². The molecular formula is C30H50O2. The highest BCUT2D eigenvalue weighted by molar-refractivity contribution is 5.21. The van der Waals surface area contributed by atoms with E-state index in [9.17, 15) is 10.2 Å². The minimum Gasteiger partial charge on any atom is -0.390 e. The maximum Gasteiger partial charge on any atom is 0.0852 e. The summed E-state index contributed by atoms with van der Waals surface area (Å²) in [6, 6.07) is 0. The van der Waals surface area contributed by atoms with Crippen LogP contribution < -0.4 is 0 Å². The minimum atomic E-state index is -0.595. The lowest BCUT2D eigenvalue weighted by molar-refractivity contribution is -0.262. The van der Waals surface area contributed by atoms with Crippen molar-refractivity contribution in [2.75, 3.05) is 0 Å². The predicted molar refractivity (Wildman–Crippen MR) is 132 cm³/mol. The van der Waals surface area contributed by atoms with Crippen LogP contribution in [0, 0.1) is 56.7 Å². The van der Waals surface area contributed by atoms with Crippen LogP contribution in [0.25, 0.3) is 0 Å². The lowest BCUT2D eigenvalue weighted by atomic mass is 9.32. The van der Waals surface area contributed by atoms with E-state index in [0.717, 1.165) is 18.3 Å². The Morgan fingerprint density at radius 3 is 2.12 bits per heavy atom. The normalized spacial score (nSPS) is 58.8. The fourth-order valence-corrected chi connectivity index (χ4v) is 11.6. The van der Waals surface area contributed by atoms with Gasteiger partial charge in [-0.15, -0.1) is 0 Å². The van der Waals surface area contributed by atoms with E-state index in [-0.39, 0.29) is 10.8 Å². The van der Waals surface area contributed by atoms with E-state index in [0.29, 0.717) is 34.0 Å². The molecule has 0 aromatic heterocycles. The molecule has 5 rings (SSSR count). The summed E-state index contributed by atoms with van der Waals surface area (Å²) in [5, 5.41) is 21.9. The quantitative estimate of drug-likeness (QED) is 0.429. The van der Waals surface area contributed by atoms with Crippen molar-refractivity contribution in [1.82, 2.24) is 0 Å². The van der Waals surface area contributed by atoms with E-state index < -0.39 is 12.2 Å². The number of allylic oxidation sites excluding steroid dienone is 1. The van der Waals surface area contributed by atoms with Crippen LogP contribution in [-0.2, 0) is 0 Å². The molecule has 5 aliphatic rings. The highest BCUT2D eigenvalue weighted by Gasteiger charge is 2.70. The molecule has 0 bridgehead atoms. The summed E-state index contributed by atoms with van der Waals surface area (Å²) in [5.41, 5.74) is 2.53. The van der Waals surface area contributed by atoms with Gasteiger partial charge in [0, 0.05) is 0 Å². The van der Waals surface area contributed by atoms with Crippen LogP contribution in [0.3, 0.4) is 0 Å². The van der Waals surface area contributed by atoms with Crippen molar-refractivity contribution in [1.29, 1.82) is 0 Å². The Bertz CT molecular complexity index is 801. The van der Waals surface area contributed by atoms with Gasteiger partial charge in [-0.1, -0.05) is 53.7 Å². The first-order valence-corrected chi connectivity index (χ1v) is 13.7. The third-order valence-electron chi connectivity index (χ3n) is 13.4. The third kappa shape index (κ3) is 2.66. The van der Waals surface area contributed by atoms with Crippen LogP contribution in [0.4, 0.5) is 0 Å². The standard InChI is InChI=1S/C30H50O2/c1-18(2)19-11-13-27(5)15-16-29(7)20(24(19)27)9-10-23-28(6)17-21(31)25(32)26(3,4)22(28)12-14-30(23,29)8/h19-25,31-32H,1,9-17H2,2-8H3/t19-,20?,21+,22?,23?,24?,25-,27+,28-,29+,30+/m0/s1. The maximum atomic E-state index is 11.0. The molecule has 0 heterocycles. The lowest BCUT2D eigenvalue weighted by Gasteiger charge is -2.73. The molecule has 0 radical (unpaired) electrons. The lowest BCUT2D eigenvalue weighted by Crippen LogP contribution is -2.68. The van der Waals surface area contributed by atoms with Gasteiger partial charge in [0.15, 0.2) is 0 Å². The topological polar surface area (TPSA) is 40.5 Å². The monoisotopic (exact) mass is 442 g/mol. The van der Waals surface area contributed by atoms with Gasteiger partial charge in [-0.3, -0.25) is 0 Å². The summed E-state index contributed by atoms with van der Waals surface area (Å²) in [5.74, 6) is 3.46. The molecule has 0 spiro atoms. The number of rotatable bonds is 1. The average molecular weight is 443 g/mol. The molecule has 5 saturated carbocycles. The molecule has 0 saturated heterocycles. The van der Waals surface area contributed by atoms with Gasteiger partial charge < -0.3 is 10.2 Å². The van der Waals surface area contributed by atoms with Crippen LogP contribution in [0.1, 0.15) is 106 Å². The second kappa shape index (κ2) is 6.87. The number of aliphatic hydroxyl groups is 2. The summed E-state index contributed by atoms with van der Waals surface area (Å²) < 4.78 is 0. The summed E-state index contributed by atoms with van der Waals surface area (Å²) in [6.45, 7) is 21.6. The molecule has 0 aliphatic heterocycles. The molecule has 2 heteroatoms. The Morgan fingerprint density at radius 2 is 1.47 bits per heavy atom. The first kappa shape index (κ1) is 23.4. The van der Waals surface area contributed by atoms with Gasteiger partial charge in [0.2, 0.25) is 0 Å². The smallest absolute Gasteiger partial charge is 0.0852 e. The predicted octanol–water partition coefficient (Wildman–Crippen LogP) is 7.00. The molecule has 5 fully saturated rings. The molecule has 182 valence electrons. The third-order valence-corrected chi connectivity index (χ3v) is 13.4. The van der Waals surface area contributed by atoms with Crippen molar-refractivity contribution < 1.29 is 10.2 Å². The van der Waals surface area contributed by atoms with E-state index in [1.165, 1.54) is 56.9 Å². The Labute approximate surface area is 197 Å². The first-order chi connectivity index (χ1) is 14.7. The summed E-state index contributed by atoms with van der Waals surface area (Å²) in [6.07, 6.45) is 10.2. The molecule has 2 nitrogen and oxygen atoms in total. The van der Waals surface area contributed by atoms with Gasteiger partial charge >= 0.3 is 0 Å². The Balaban J connectivity index is 1.55. The van der Waals surface area contributed by atoms with E-state index in [1.54, 1.807) is 0 Å². The second-order valence-electron chi connectivity index (χ2n) is 14.9. The number of hydrogen-bond acceptors (Lipinski definition) is 2. The fraction of sp³-hybridized carbons (Fsp3) is 0.933. The SMILES string of the molecule is C=C(C)[C@@H]1CC[C@]2(C)CC[C@]3(C)C(CCC4[C@@]5(C)C[C@@H](O)[C@H](O)C(C)(C)C5CC[C@]43C)C12. The van der Waals surface area contributed by atoms with Gasteiger partial charge in [-0.25, -0.2) is 0 Å². The molecule has 32 heavy (non-hydrogen) atoms. The molecule has 5 aliphatic carbocycles. The Kier molecular flexibility index (Phi) is 5.02. The number of fused-ring (bicyclic) bond motifs is 7. The van der Waals surface area contributed by atoms with Crippen molar-refractivity contribution in [3.05, 3.63) is 12.2 Å². The first-order valence-electron chi connectivity index (χ1n) is 13.7. The molecule has 0 aromatic rings. The highest BCUT2D eigenvalue weighted by atomic mass is 16.3. The fourth-order valence-electron chi connectivity index (χ4n) is 11.6. The zero-order valence-corrected chi connectivity index (χ0v) is 22.0. The zero-order chi connectivity index (χ0) is 23.5. The Morgan fingerprint density at radius 1 is 0.781 bits per heavy atom. The van der Waals surface area contributed by atoms with Crippen LogP contribution in [0.2, 0.25) is 0 Å². The van der Waals surface area contributed by atoms with E-state index >= 15 is 0 Å². The molecule has 2 N–H and O–H groups in total. The van der Waals surface area contributed by atoms with Crippen LogP contribution in [-0.4, -0.2) is 22.4 Å². The van der Waals surface area contributed by atoms with E-state index in [1.807, 2.05) is 0 Å². The van der Waals surface area contributed by atoms with Gasteiger partial charge in [0.05, 0.1) is 12.2 Å². The highest BCUT2D eigenvalue weighted by Crippen LogP contribution is 2.77. The largest absolute Gasteiger partial charge is 0.390 e. The summed E-state index contributed by atoms with van der Waals surface area (Å²) >= 11 is 0. The zero-order valence-electron chi connectivity index (χ0n) is 22.0. The second-order valence-corrected chi connectivity index (χ2v) is 14.9. The van der Waals surface area contributed by atoms with Crippen LogP contribution in [0.15, 0.2) is 12.2 Å². The van der Waals surface area contributed by atoms with Crippen molar-refractivity contribution in [2.45, 2.75) is 118 Å². The van der Waals surface area contributed by atoms with Crippen LogP contribution in [0.5, 0.6) is 0 Å². The van der Waals surface area contributed by atoms with E-state index in [4.69, 9.17) is 0 Å². The Hall–Kier alpha value is -0.340. The van der Waals surface area contributed by atoms with E-state index in [2.05, 4.69) is 55.0 Å². The minimum absolute atomic E-state index is 0.118. The van der Waals surface area contributed by atoms with Gasteiger partial charge in [0.25, 0.3) is 0 Å². The van der Waals surface area contributed by atoms with Gasteiger partial charge in [-0.05, 0) is 121 Å². The van der Waals surface area contributed by atoms with Gasteiger partial charge in [-0.2, -0.15) is 0 Å².